The molecule has 2 heteroatoms. The smallest absolute Gasteiger partial charge is 0.307 e. The van der Waals surface area contributed by atoms with Crippen LogP contribution >= 0.6 is 0 Å². The first-order valence-electron chi connectivity index (χ1n) is 6.71. The molecule has 2 nitrogen and oxygen atoms in total. The highest BCUT2D eigenvalue weighted by Crippen LogP contribution is 2.52. The number of carboxylic acids is 1. The van der Waals surface area contributed by atoms with Gasteiger partial charge in [0.25, 0.3) is 0 Å². The van der Waals surface area contributed by atoms with E-state index in [4.69, 9.17) is 0 Å². The van der Waals surface area contributed by atoms with Gasteiger partial charge < -0.3 is 5.11 Å². The lowest BCUT2D eigenvalue weighted by Crippen LogP contribution is -2.26. The summed E-state index contributed by atoms with van der Waals surface area (Å²) < 4.78 is 0. The van der Waals surface area contributed by atoms with Crippen molar-refractivity contribution in [3.8, 4) is 11.1 Å². The van der Waals surface area contributed by atoms with Crippen LogP contribution in [0.3, 0.4) is 0 Å². The molecule has 0 fully saturated rings. The van der Waals surface area contributed by atoms with Gasteiger partial charge in [-0.3, -0.25) is 4.79 Å². The van der Waals surface area contributed by atoms with E-state index in [-0.39, 0.29) is 11.8 Å². The number of benzene rings is 2. The Morgan fingerprint density at radius 2 is 1.84 bits per heavy atom. The zero-order valence-corrected chi connectivity index (χ0v) is 10.5. The van der Waals surface area contributed by atoms with Gasteiger partial charge >= 0.3 is 5.97 Å². The van der Waals surface area contributed by atoms with E-state index in [1.807, 2.05) is 12.1 Å². The van der Waals surface area contributed by atoms with Crippen LogP contribution in [0.2, 0.25) is 0 Å². The summed E-state index contributed by atoms with van der Waals surface area (Å²) in [6, 6.07) is 14.6. The van der Waals surface area contributed by atoms with E-state index in [0.29, 0.717) is 0 Å². The van der Waals surface area contributed by atoms with Gasteiger partial charge in [-0.25, -0.2) is 0 Å². The zero-order valence-electron chi connectivity index (χ0n) is 10.5. The lowest BCUT2D eigenvalue weighted by atomic mass is 9.74. The third-order valence-electron chi connectivity index (χ3n) is 4.54. The van der Waals surface area contributed by atoms with Crippen molar-refractivity contribution in [2.75, 3.05) is 0 Å². The molecule has 0 amide bonds. The van der Waals surface area contributed by atoms with E-state index in [2.05, 4.69) is 30.3 Å². The molecule has 0 unspecified atom stereocenters. The molecule has 0 spiro atoms. The van der Waals surface area contributed by atoms with Crippen molar-refractivity contribution in [3.05, 3.63) is 59.2 Å². The molecule has 0 radical (unpaired) electrons. The standard InChI is InChI=1S/C17H14O2/c18-17(19)14-9-8-10-4-3-7-12-11-5-1-2-6-13(11)16(14)15(10)12/h1-7,14,16H,8-9H2,(H,18,19)/t14-,16-/m1/s1. The molecule has 0 aliphatic heterocycles. The lowest BCUT2D eigenvalue weighted by Gasteiger charge is -2.28. The first kappa shape index (κ1) is 10.8. The maximum Gasteiger partial charge on any atom is 0.307 e. The molecule has 0 aromatic heterocycles. The molecule has 94 valence electrons. The van der Waals surface area contributed by atoms with Crippen molar-refractivity contribution in [3.63, 3.8) is 0 Å². The van der Waals surface area contributed by atoms with Crippen LogP contribution < -0.4 is 0 Å². The summed E-state index contributed by atoms with van der Waals surface area (Å²) in [6.45, 7) is 0. The third-order valence-corrected chi connectivity index (χ3v) is 4.54. The van der Waals surface area contributed by atoms with Crippen LogP contribution in [0.1, 0.15) is 29.0 Å². The zero-order chi connectivity index (χ0) is 13.0. The van der Waals surface area contributed by atoms with E-state index in [1.54, 1.807) is 0 Å². The molecular formula is C17H14O2. The minimum absolute atomic E-state index is 0.0497. The van der Waals surface area contributed by atoms with Gasteiger partial charge in [0.1, 0.15) is 0 Å². The predicted molar refractivity (Wildman–Crippen MR) is 73.2 cm³/mol. The fraction of sp³-hybridized carbons (Fsp3) is 0.235. The predicted octanol–water partition coefficient (Wildman–Crippen LogP) is 3.45. The molecule has 2 aliphatic carbocycles. The van der Waals surface area contributed by atoms with Crippen LogP contribution in [0, 0.1) is 5.92 Å². The van der Waals surface area contributed by atoms with E-state index in [0.717, 1.165) is 12.8 Å². The summed E-state index contributed by atoms with van der Waals surface area (Å²) >= 11 is 0. The van der Waals surface area contributed by atoms with Crippen LogP contribution in [0.25, 0.3) is 11.1 Å². The molecular weight excluding hydrogens is 236 g/mol. The molecule has 4 rings (SSSR count). The second-order valence-electron chi connectivity index (χ2n) is 5.43. The Balaban J connectivity index is 2.04. The summed E-state index contributed by atoms with van der Waals surface area (Å²) in [5.74, 6) is -0.895. The van der Waals surface area contributed by atoms with Gasteiger partial charge in [0.2, 0.25) is 0 Å². The first-order valence-corrected chi connectivity index (χ1v) is 6.71. The average molecular weight is 250 g/mol. The van der Waals surface area contributed by atoms with Crippen LogP contribution in [-0.2, 0) is 11.2 Å². The van der Waals surface area contributed by atoms with Crippen LogP contribution in [0.15, 0.2) is 42.5 Å². The molecule has 2 aromatic carbocycles. The van der Waals surface area contributed by atoms with Gasteiger partial charge in [-0.05, 0) is 40.7 Å². The van der Waals surface area contributed by atoms with Gasteiger partial charge in [-0.1, -0.05) is 42.5 Å². The molecule has 1 N–H and O–H groups in total. The molecule has 0 heterocycles. The average Bonchev–Trinajstić information content (AvgIpc) is 2.77. The minimum atomic E-state index is -0.665. The molecule has 0 bridgehead atoms. The summed E-state index contributed by atoms with van der Waals surface area (Å²) in [7, 11) is 0. The Hall–Kier alpha value is -2.09. The number of hydrogen-bond acceptors (Lipinski definition) is 1. The normalized spacial score (nSPS) is 22.7. The summed E-state index contributed by atoms with van der Waals surface area (Å²) in [6.07, 6.45) is 1.62. The molecule has 0 saturated heterocycles. The van der Waals surface area contributed by atoms with Gasteiger partial charge in [-0.2, -0.15) is 0 Å². The number of aryl methyl sites for hydroxylation is 1. The van der Waals surface area contributed by atoms with Crippen molar-refractivity contribution >= 4 is 5.97 Å². The van der Waals surface area contributed by atoms with E-state index >= 15 is 0 Å². The van der Waals surface area contributed by atoms with Crippen molar-refractivity contribution in [1.29, 1.82) is 0 Å². The van der Waals surface area contributed by atoms with Crippen molar-refractivity contribution in [2.45, 2.75) is 18.8 Å². The third kappa shape index (κ3) is 1.34. The van der Waals surface area contributed by atoms with Crippen LogP contribution in [0.4, 0.5) is 0 Å². The highest BCUT2D eigenvalue weighted by molar-refractivity contribution is 5.84. The summed E-state index contributed by atoms with van der Waals surface area (Å²) in [4.78, 5) is 11.6. The first-order chi connectivity index (χ1) is 9.27. The molecule has 2 aromatic rings. The lowest BCUT2D eigenvalue weighted by molar-refractivity contribution is -0.142. The quantitative estimate of drug-likeness (QED) is 0.841. The monoisotopic (exact) mass is 250 g/mol. The fourth-order valence-corrected chi connectivity index (χ4v) is 3.76. The summed E-state index contributed by atoms with van der Waals surface area (Å²) in [5, 5.41) is 9.51. The number of rotatable bonds is 1. The second kappa shape index (κ2) is 3.70. The van der Waals surface area contributed by atoms with Gasteiger partial charge in [0, 0.05) is 5.92 Å². The fourth-order valence-electron chi connectivity index (χ4n) is 3.76. The highest BCUT2D eigenvalue weighted by Gasteiger charge is 2.41. The van der Waals surface area contributed by atoms with E-state index in [1.165, 1.54) is 27.8 Å². The van der Waals surface area contributed by atoms with Gasteiger partial charge in [0.15, 0.2) is 0 Å². The largest absolute Gasteiger partial charge is 0.481 e. The van der Waals surface area contributed by atoms with Gasteiger partial charge in [-0.15, -0.1) is 0 Å². The Morgan fingerprint density at radius 1 is 1.05 bits per heavy atom. The molecule has 0 saturated carbocycles. The van der Waals surface area contributed by atoms with Crippen LogP contribution in [-0.4, -0.2) is 11.1 Å². The molecule has 2 aliphatic rings. The number of carboxylic acid groups (broad SMARTS) is 1. The number of hydrogen-bond donors (Lipinski definition) is 1. The Labute approximate surface area is 111 Å². The number of carbonyl (C=O) groups is 1. The highest BCUT2D eigenvalue weighted by atomic mass is 16.4. The Bertz CT molecular complexity index is 687. The van der Waals surface area contributed by atoms with Gasteiger partial charge in [0.05, 0.1) is 5.92 Å². The van der Waals surface area contributed by atoms with Crippen molar-refractivity contribution in [1.82, 2.24) is 0 Å². The topological polar surface area (TPSA) is 37.3 Å². The Kier molecular flexibility index (Phi) is 2.10. The molecule has 19 heavy (non-hydrogen) atoms. The summed E-state index contributed by atoms with van der Waals surface area (Å²) in [5.41, 5.74) is 6.25. The Morgan fingerprint density at radius 3 is 2.68 bits per heavy atom. The molecule has 2 atom stereocenters. The minimum Gasteiger partial charge on any atom is -0.481 e. The van der Waals surface area contributed by atoms with E-state index < -0.39 is 5.97 Å². The number of aliphatic carboxylic acids is 1. The maximum absolute atomic E-state index is 11.6. The van der Waals surface area contributed by atoms with Crippen molar-refractivity contribution in [2.24, 2.45) is 5.92 Å². The van der Waals surface area contributed by atoms with Crippen molar-refractivity contribution < 1.29 is 9.90 Å². The second-order valence-corrected chi connectivity index (χ2v) is 5.43. The SMILES string of the molecule is O=C(O)[C@@H]1CCc2cccc3c2[C@@H]1c1ccccc1-3. The van der Waals surface area contributed by atoms with E-state index in [9.17, 15) is 9.90 Å². The number of fused-ring (bicyclic) bond motifs is 3. The van der Waals surface area contributed by atoms with Crippen LogP contribution in [0.5, 0.6) is 0 Å². The maximum atomic E-state index is 11.6.